The number of halogens is 2. The van der Waals surface area contributed by atoms with Crippen LogP contribution in [0.3, 0.4) is 0 Å². The van der Waals surface area contributed by atoms with Crippen molar-refractivity contribution in [2.45, 2.75) is 24.2 Å². The molecule has 19 heavy (non-hydrogen) atoms. The third-order valence-electron chi connectivity index (χ3n) is 3.13. The molecule has 102 valence electrons. The highest BCUT2D eigenvalue weighted by molar-refractivity contribution is 8.13. The van der Waals surface area contributed by atoms with E-state index in [0.717, 1.165) is 12.8 Å². The van der Waals surface area contributed by atoms with Crippen molar-refractivity contribution < 1.29 is 13.2 Å². The number of nitrogens with zero attached hydrogens (tertiary/aromatic N) is 1. The molecular formula is C12H11Cl2NO3S. The van der Waals surface area contributed by atoms with Crippen LogP contribution in [0.1, 0.15) is 19.3 Å². The first-order valence-corrected chi connectivity index (χ1v) is 8.29. The molecule has 0 bridgehead atoms. The second-order valence-electron chi connectivity index (χ2n) is 4.65. The van der Waals surface area contributed by atoms with Crippen LogP contribution in [-0.2, 0) is 9.05 Å². The van der Waals surface area contributed by atoms with Crippen LogP contribution in [0.2, 0.25) is 5.02 Å². The van der Waals surface area contributed by atoms with E-state index in [2.05, 4.69) is 6.07 Å². The van der Waals surface area contributed by atoms with Crippen molar-refractivity contribution in [2.24, 2.45) is 5.41 Å². The van der Waals surface area contributed by atoms with Crippen LogP contribution < -0.4 is 4.74 Å². The molecule has 0 saturated heterocycles. The van der Waals surface area contributed by atoms with Crippen molar-refractivity contribution in [1.82, 2.24) is 0 Å². The summed E-state index contributed by atoms with van der Waals surface area (Å²) in [5, 5.41) is 8.90. The molecule has 0 atom stereocenters. The SMILES string of the molecule is N#CCC1(COc2ccc(S(=O)(=O)Cl)cc2Cl)CC1. The summed E-state index contributed by atoms with van der Waals surface area (Å²) in [7, 11) is 1.43. The largest absolute Gasteiger partial charge is 0.491 e. The average Bonchev–Trinajstić information content (AvgIpc) is 3.07. The molecular weight excluding hydrogens is 309 g/mol. The maximum atomic E-state index is 11.1. The van der Waals surface area contributed by atoms with Gasteiger partial charge < -0.3 is 4.74 Å². The summed E-state index contributed by atoms with van der Waals surface area (Å²) < 4.78 is 27.8. The zero-order valence-electron chi connectivity index (χ0n) is 9.90. The average molecular weight is 320 g/mol. The van der Waals surface area contributed by atoms with E-state index in [0.29, 0.717) is 18.8 Å². The van der Waals surface area contributed by atoms with Crippen LogP contribution in [0.4, 0.5) is 0 Å². The predicted octanol–water partition coefficient (Wildman–Crippen LogP) is 3.34. The fourth-order valence-corrected chi connectivity index (χ4v) is 2.77. The zero-order valence-corrected chi connectivity index (χ0v) is 12.2. The second-order valence-corrected chi connectivity index (χ2v) is 7.63. The van der Waals surface area contributed by atoms with Crippen molar-refractivity contribution in [3.63, 3.8) is 0 Å². The summed E-state index contributed by atoms with van der Waals surface area (Å²) in [6, 6.07) is 6.21. The summed E-state index contributed by atoms with van der Waals surface area (Å²) in [6.45, 7) is 0.410. The van der Waals surface area contributed by atoms with Gasteiger partial charge in [-0.15, -0.1) is 0 Å². The molecule has 0 N–H and O–H groups in total. The molecule has 1 aromatic rings. The molecule has 1 fully saturated rings. The molecule has 0 aromatic heterocycles. The van der Waals surface area contributed by atoms with Gasteiger partial charge in [-0.1, -0.05) is 11.6 Å². The Balaban J connectivity index is 2.09. The first-order chi connectivity index (χ1) is 8.86. The van der Waals surface area contributed by atoms with E-state index in [1.54, 1.807) is 0 Å². The second kappa shape index (κ2) is 5.20. The quantitative estimate of drug-likeness (QED) is 0.780. The Morgan fingerprint density at radius 1 is 1.42 bits per heavy atom. The standard InChI is InChI=1S/C12H11Cl2NO3S/c13-10-7-9(19(14,16)17)1-2-11(10)18-8-12(3-4-12)5-6-15/h1-2,7H,3-5,8H2. The number of ether oxygens (including phenoxy) is 1. The minimum Gasteiger partial charge on any atom is -0.491 e. The number of benzene rings is 1. The number of rotatable bonds is 5. The number of hydrogen-bond acceptors (Lipinski definition) is 4. The predicted molar refractivity (Wildman–Crippen MR) is 71.9 cm³/mol. The van der Waals surface area contributed by atoms with Crippen LogP contribution in [0.5, 0.6) is 5.75 Å². The first kappa shape index (κ1) is 14.4. The Morgan fingerprint density at radius 2 is 2.11 bits per heavy atom. The summed E-state index contributed by atoms with van der Waals surface area (Å²) >= 11 is 5.95. The topological polar surface area (TPSA) is 67.2 Å². The number of hydrogen-bond donors (Lipinski definition) is 0. The molecule has 0 radical (unpaired) electrons. The van der Waals surface area contributed by atoms with Gasteiger partial charge in [-0.25, -0.2) is 8.42 Å². The Labute approximate surface area is 121 Å². The molecule has 1 aromatic carbocycles. The van der Waals surface area contributed by atoms with Gasteiger partial charge in [-0.2, -0.15) is 5.26 Å². The fourth-order valence-electron chi connectivity index (χ4n) is 1.70. The molecule has 0 unspecified atom stereocenters. The third-order valence-corrected chi connectivity index (χ3v) is 4.78. The Bertz CT molecular complexity index is 633. The molecule has 2 rings (SSSR count). The molecule has 0 heterocycles. The highest BCUT2D eigenvalue weighted by atomic mass is 35.7. The van der Waals surface area contributed by atoms with Gasteiger partial charge in [0.2, 0.25) is 0 Å². The monoisotopic (exact) mass is 319 g/mol. The van der Waals surface area contributed by atoms with Crippen LogP contribution >= 0.6 is 22.3 Å². The van der Waals surface area contributed by atoms with Crippen molar-refractivity contribution in [2.75, 3.05) is 6.61 Å². The van der Waals surface area contributed by atoms with Gasteiger partial charge in [-0.3, -0.25) is 0 Å². The summed E-state index contributed by atoms with van der Waals surface area (Å²) in [6.07, 6.45) is 2.39. The molecule has 0 aliphatic heterocycles. The van der Waals surface area contributed by atoms with E-state index >= 15 is 0 Å². The van der Waals surface area contributed by atoms with E-state index in [1.807, 2.05) is 0 Å². The van der Waals surface area contributed by atoms with E-state index < -0.39 is 9.05 Å². The minimum atomic E-state index is -3.79. The van der Waals surface area contributed by atoms with Crippen molar-refractivity contribution in [3.8, 4) is 11.8 Å². The molecule has 1 aliphatic carbocycles. The molecule has 1 saturated carbocycles. The van der Waals surface area contributed by atoms with Gasteiger partial charge in [0.25, 0.3) is 9.05 Å². The maximum absolute atomic E-state index is 11.1. The minimum absolute atomic E-state index is 0.0602. The van der Waals surface area contributed by atoms with E-state index in [1.165, 1.54) is 18.2 Å². The molecule has 1 aliphatic rings. The van der Waals surface area contributed by atoms with Gasteiger partial charge >= 0.3 is 0 Å². The molecule has 4 nitrogen and oxygen atoms in total. The highest BCUT2D eigenvalue weighted by Gasteiger charge is 2.43. The van der Waals surface area contributed by atoms with Gasteiger partial charge in [0.05, 0.1) is 22.6 Å². The lowest BCUT2D eigenvalue weighted by molar-refractivity contribution is 0.237. The highest BCUT2D eigenvalue weighted by Crippen LogP contribution is 2.49. The lowest BCUT2D eigenvalue weighted by Gasteiger charge is -2.14. The van der Waals surface area contributed by atoms with Crippen molar-refractivity contribution >= 4 is 31.3 Å². The summed E-state index contributed by atoms with van der Waals surface area (Å²) in [5.41, 5.74) is -0.0602. The molecule has 7 heteroatoms. The normalized spacial score (nSPS) is 16.7. The van der Waals surface area contributed by atoms with Crippen molar-refractivity contribution in [1.29, 1.82) is 5.26 Å². The molecule has 0 spiro atoms. The Morgan fingerprint density at radius 3 is 2.58 bits per heavy atom. The van der Waals surface area contributed by atoms with Gasteiger partial charge in [-0.05, 0) is 31.0 Å². The smallest absolute Gasteiger partial charge is 0.261 e. The van der Waals surface area contributed by atoms with Crippen LogP contribution in [0, 0.1) is 16.7 Å². The van der Waals surface area contributed by atoms with Crippen molar-refractivity contribution in [3.05, 3.63) is 23.2 Å². The maximum Gasteiger partial charge on any atom is 0.261 e. The molecule has 0 amide bonds. The van der Waals surface area contributed by atoms with Crippen LogP contribution in [0.15, 0.2) is 23.1 Å². The van der Waals surface area contributed by atoms with Crippen LogP contribution in [0.25, 0.3) is 0 Å². The summed E-state index contributed by atoms with van der Waals surface area (Å²) in [4.78, 5) is -0.0651. The van der Waals surface area contributed by atoms with Crippen LogP contribution in [-0.4, -0.2) is 15.0 Å². The zero-order chi connectivity index (χ0) is 14.1. The van der Waals surface area contributed by atoms with Gasteiger partial charge in [0, 0.05) is 22.5 Å². The van der Waals surface area contributed by atoms with E-state index in [9.17, 15) is 8.42 Å². The lowest BCUT2D eigenvalue weighted by atomic mass is 10.1. The Hall–Kier alpha value is -0.960. The summed E-state index contributed by atoms with van der Waals surface area (Å²) in [5.74, 6) is 0.398. The van der Waals surface area contributed by atoms with E-state index in [4.69, 9.17) is 32.3 Å². The van der Waals surface area contributed by atoms with Gasteiger partial charge in [0.1, 0.15) is 5.75 Å². The fraction of sp³-hybridized carbons (Fsp3) is 0.417. The van der Waals surface area contributed by atoms with E-state index in [-0.39, 0.29) is 15.3 Å². The number of nitriles is 1. The lowest BCUT2D eigenvalue weighted by Crippen LogP contribution is -2.12. The van der Waals surface area contributed by atoms with Gasteiger partial charge in [0.15, 0.2) is 0 Å². The Kier molecular flexibility index (Phi) is 3.95. The third kappa shape index (κ3) is 3.53. The first-order valence-electron chi connectivity index (χ1n) is 5.60.